The van der Waals surface area contributed by atoms with Crippen molar-refractivity contribution >= 4 is 18.5 Å². The van der Waals surface area contributed by atoms with Crippen molar-refractivity contribution in [1.29, 1.82) is 0 Å². The Balaban J connectivity index is 0.000000303. The van der Waals surface area contributed by atoms with Crippen molar-refractivity contribution in [3.8, 4) is 0 Å². The first-order valence-electron chi connectivity index (χ1n) is 13.8. The molecule has 11 heteroatoms. The second-order valence-electron chi connectivity index (χ2n) is 11.5. The summed E-state index contributed by atoms with van der Waals surface area (Å²) in [5, 5.41) is 28.6. The first-order valence-corrected chi connectivity index (χ1v) is 14.4. The van der Waals surface area contributed by atoms with Crippen LogP contribution in [-0.4, -0.2) is 63.3 Å². The van der Waals surface area contributed by atoms with Gasteiger partial charge in [-0.05, 0) is 49.1 Å². The number of rotatable bonds is 7. The first-order chi connectivity index (χ1) is 18.5. The van der Waals surface area contributed by atoms with Gasteiger partial charge in [0.25, 0.3) is 0 Å². The van der Waals surface area contributed by atoms with E-state index in [1.165, 1.54) is 13.3 Å². The van der Waals surface area contributed by atoms with Crippen molar-refractivity contribution in [3.05, 3.63) is 35.4 Å². The Morgan fingerprint density at radius 1 is 1.13 bits per heavy atom. The largest absolute Gasteiger partial charge is 0.392 e. The molecule has 4 saturated heterocycles. The van der Waals surface area contributed by atoms with E-state index in [4.69, 9.17) is 34.2 Å². The summed E-state index contributed by atoms with van der Waals surface area (Å²) in [6.45, 7) is 8.27. The molecule has 1 aliphatic carbocycles. The Labute approximate surface area is 235 Å². The lowest BCUT2D eigenvalue weighted by molar-refractivity contribution is -0.577. The summed E-state index contributed by atoms with van der Waals surface area (Å²) in [5.74, 6) is 0.511. The molecule has 1 spiro atoms. The Morgan fingerprint density at radius 3 is 2.41 bits per heavy atom. The van der Waals surface area contributed by atoms with Gasteiger partial charge in [-0.15, -0.1) is 0 Å². The van der Waals surface area contributed by atoms with E-state index in [0.717, 1.165) is 30.4 Å². The zero-order chi connectivity index (χ0) is 28.4. The minimum atomic E-state index is -1.54. The lowest BCUT2D eigenvalue weighted by atomic mass is 9.58. The van der Waals surface area contributed by atoms with Crippen LogP contribution in [0.2, 0.25) is 0 Å². The maximum atomic E-state index is 10.4. The van der Waals surface area contributed by atoms with Crippen molar-refractivity contribution in [2.45, 2.75) is 103 Å². The molecule has 220 valence electrons. The van der Waals surface area contributed by atoms with Crippen LogP contribution in [0.3, 0.4) is 0 Å². The highest BCUT2D eigenvalue weighted by molar-refractivity contribution is 7.80. The van der Waals surface area contributed by atoms with Gasteiger partial charge in [0.05, 0.1) is 19.3 Å². The highest BCUT2D eigenvalue weighted by Gasteiger charge is 2.69. The molecular weight excluding hydrogens is 526 g/mol. The minimum absolute atomic E-state index is 0.0487. The highest BCUT2D eigenvalue weighted by atomic mass is 32.1. The van der Waals surface area contributed by atoms with Gasteiger partial charge in [-0.25, -0.2) is 9.78 Å². The molecule has 1 aromatic rings. The number of nitrogens with one attached hydrogen (secondary N) is 1. The van der Waals surface area contributed by atoms with E-state index in [0.29, 0.717) is 18.4 Å². The van der Waals surface area contributed by atoms with Crippen molar-refractivity contribution in [2.75, 3.05) is 5.75 Å². The summed E-state index contributed by atoms with van der Waals surface area (Å²) in [4.78, 5) is 22.4. The maximum Gasteiger partial charge on any atom is 0.217 e. The molecule has 10 nitrogen and oxygen atoms in total. The van der Waals surface area contributed by atoms with E-state index in [1.807, 2.05) is 31.2 Å². The number of carbonyl (C=O) groups excluding carboxylic acids is 1. The summed E-state index contributed by atoms with van der Waals surface area (Å²) in [6, 6.07) is 7.14. The van der Waals surface area contributed by atoms with Gasteiger partial charge in [-0.1, -0.05) is 38.1 Å². The molecule has 4 aliphatic heterocycles. The molecule has 4 heterocycles. The smallest absolute Gasteiger partial charge is 0.217 e. The molecule has 6 rings (SSSR count). The van der Waals surface area contributed by atoms with Gasteiger partial charge >= 0.3 is 0 Å². The van der Waals surface area contributed by atoms with Crippen LogP contribution in [0, 0.1) is 23.7 Å². The van der Waals surface area contributed by atoms with E-state index in [1.54, 1.807) is 0 Å². The van der Waals surface area contributed by atoms with Crippen molar-refractivity contribution < 1.29 is 44.1 Å². The van der Waals surface area contributed by atoms with E-state index in [2.05, 4.69) is 31.8 Å². The Bertz CT molecular complexity index is 965. The number of aliphatic hydroxyl groups excluding tert-OH is 2. The van der Waals surface area contributed by atoms with Crippen LogP contribution in [0.4, 0.5) is 0 Å². The fourth-order valence-corrected chi connectivity index (χ4v) is 6.74. The lowest BCUT2D eigenvalue weighted by Gasteiger charge is -2.60. The van der Waals surface area contributed by atoms with Crippen LogP contribution in [0.1, 0.15) is 64.5 Å². The molecule has 1 aromatic carbocycles. The second kappa shape index (κ2) is 12.7. The van der Waals surface area contributed by atoms with Gasteiger partial charge in [0, 0.05) is 30.9 Å². The standard InChI is InChI=1S/C23H32O6.C5H11NO3S/c1-14-4-9-19-15(2)20(25-13-17-7-5-16(12-24)6-8-17)26-21-23(19)18(14)10-11-22(3,27-21)28-29-23;1-3(7)6-4(2-10)5(8)9/h5-8,14-15,18-21,24H,4,9-13H2,1-3H3;4-5,8-10H,2H2,1H3,(H,6,7)/t14-,15-,18?,19?,20?,21?,22?,23-;4-/m10/s1. The minimum Gasteiger partial charge on any atom is -0.392 e. The van der Waals surface area contributed by atoms with E-state index < -0.39 is 30.0 Å². The van der Waals surface area contributed by atoms with Gasteiger partial charge < -0.3 is 34.8 Å². The third-order valence-electron chi connectivity index (χ3n) is 8.66. The van der Waals surface area contributed by atoms with Gasteiger partial charge in [0.2, 0.25) is 11.7 Å². The Morgan fingerprint density at radius 2 is 1.82 bits per heavy atom. The quantitative estimate of drug-likeness (QED) is 0.191. The van der Waals surface area contributed by atoms with E-state index in [9.17, 15) is 9.90 Å². The van der Waals surface area contributed by atoms with Crippen molar-refractivity contribution in [3.63, 3.8) is 0 Å². The number of hydrogen-bond donors (Lipinski definition) is 5. The molecule has 9 atom stereocenters. The zero-order valence-electron chi connectivity index (χ0n) is 23.1. The van der Waals surface area contributed by atoms with Crippen molar-refractivity contribution in [1.82, 2.24) is 5.32 Å². The normalized spacial score (nSPS) is 37.8. The lowest BCUT2D eigenvalue weighted by Crippen LogP contribution is -2.70. The molecule has 1 saturated carbocycles. The third-order valence-corrected chi connectivity index (χ3v) is 9.06. The van der Waals surface area contributed by atoms with Crippen LogP contribution in [0.5, 0.6) is 0 Å². The molecule has 5 aliphatic rings. The molecule has 1 amide bonds. The molecular formula is C28H43NO9S. The topological polar surface area (TPSA) is 136 Å². The Kier molecular flexibility index (Phi) is 9.99. The summed E-state index contributed by atoms with van der Waals surface area (Å²) >= 11 is 3.79. The summed E-state index contributed by atoms with van der Waals surface area (Å²) in [5.41, 5.74) is 1.41. The van der Waals surface area contributed by atoms with Gasteiger partial charge in [0.15, 0.2) is 24.5 Å². The molecule has 5 unspecified atom stereocenters. The molecule has 0 radical (unpaired) electrons. The van der Waals surface area contributed by atoms with E-state index in [-0.39, 0.29) is 36.4 Å². The molecule has 0 aromatic heterocycles. The monoisotopic (exact) mass is 569 g/mol. The van der Waals surface area contributed by atoms with Crippen LogP contribution in [-0.2, 0) is 42.0 Å². The first kappa shape index (κ1) is 30.7. The zero-order valence-corrected chi connectivity index (χ0v) is 24.0. The summed E-state index contributed by atoms with van der Waals surface area (Å²) < 4.78 is 19.0. The number of carbonyl (C=O) groups is 1. The Hall–Kier alpha value is -1.28. The van der Waals surface area contributed by atoms with Crippen LogP contribution >= 0.6 is 12.6 Å². The van der Waals surface area contributed by atoms with Crippen LogP contribution in [0.25, 0.3) is 0 Å². The number of hydrogen-bond acceptors (Lipinski definition) is 10. The van der Waals surface area contributed by atoms with Crippen LogP contribution in [0.15, 0.2) is 24.3 Å². The predicted octanol–water partition coefficient (Wildman–Crippen LogP) is 2.64. The van der Waals surface area contributed by atoms with Gasteiger partial charge in [-0.2, -0.15) is 12.6 Å². The SMILES string of the molecule is CC(=O)N[C@@H](CS)C(O)O.C[C@H]1C(OCc2ccc(CO)cc2)OC2OC3(C)CCC4[C@H](C)CCC1[C@@]24OO3. The molecule has 39 heavy (non-hydrogen) atoms. The third kappa shape index (κ3) is 6.47. The maximum absolute atomic E-state index is 10.4. The fraction of sp³-hybridized carbons (Fsp3) is 0.750. The number of amides is 1. The average Bonchev–Trinajstić information content (AvgIpc) is 3.14. The number of fused-ring (bicyclic) bond motifs is 2. The number of thiol groups is 1. The number of ether oxygens (including phenoxy) is 3. The van der Waals surface area contributed by atoms with E-state index >= 15 is 0 Å². The fourth-order valence-electron chi connectivity index (χ4n) is 6.46. The number of benzene rings is 1. The van der Waals surface area contributed by atoms with Gasteiger partial charge in [-0.3, -0.25) is 4.79 Å². The second-order valence-corrected chi connectivity index (χ2v) is 11.8. The highest BCUT2D eigenvalue weighted by Crippen LogP contribution is 2.60. The molecule has 4 N–H and O–H groups in total. The van der Waals surface area contributed by atoms with Crippen molar-refractivity contribution in [2.24, 2.45) is 23.7 Å². The molecule has 5 fully saturated rings. The van der Waals surface area contributed by atoms with Gasteiger partial charge in [0.1, 0.15) is 0 Å². The number of aliphatic hydroxyl groups is 3. The molecule has 2 bridgehead atoms. The summed E-state index contributed by atoms with van der Waals surface area (Å²) in [6.07, 6.45) is 1.72. The summed E-state index contributed by atoms with van der Waals surface area (Å²) in [7, 11) is 0. The predicted molar refractivity (Wildman–Crippen MR) is 144 cm³/mol. The van der Waals surface area contributed by atoms with Crippen LogP contribution < -0.4 is 5.32 Å². The average molecular weight is 570 g/mol.